The molecule has 3 aromatic rings. The summed E-state index contributed by atoms with van der Waals surface area (Å²) in [6.45, 7) is 2.69. The molecule has 10 heteroatoms. The summed E-state index contributed by atoms with van der Waals surface area (Å²) in [5.41, 5.74) is 1.63. The van der Waals surface area contributed by atoms with Crippen LogP contribution in [-0.2, 0) is 16.2 Å². The SMILES string of the molecule is Cc1ccccc1-c1ccc(N2CCN(S(=O)(=O)c3ccccc3C(F)(F)F)CC2)nn1. The zero-order chi connectivity index (χ0) is 22.9. The third-order valence-corrected chi connectivity index (χ3v) is 7.40. The number of aromatic nitrogens is 2. The van der Waals surface area contributed by atoms with E-state index in [1.165, 1.54) is 12.1 Å². The van der Waals surface area contributed by atoms with E-state index in [1.807, 2.05) is 48.2 Å². The molecule has 0 unspecified atom stereocenters. The van der Waals surface area contributed by atoms with Gasteiger partial charge < -0.3 is 4.90 Å². The maximum Gasteiger partial charge on any atom is 0.417 e. The summed E-state index contributed by atoms with van der Waals surface area (Å²) in [6.07, 6.45) is -4.75. The molecule has 1 fully saturated rings. The van der Waals surface area contributed by atoms with Gasteiger partial charge in [0.25, 0.3) is 0 Å². The number of benzene rings is 2. The smallest absolute Gasteiger partial charge is 0.352 e. The van der Waals surface area contributed by atoms with Crippen LogP contribution in [0.25, 0.3) is 11.3 Å². The summed E-state index contributed by atoms with van der Waals surface area (Å²) in [4.78, 5) is 1.15. The van der Waals surface area contributed by atoms with E-state index in [1.54, 1.807) is 0 Å². The van der Waals surface area contributed by atoms with Gasteiger partial charge in [-0.05, 0) is 36.8 Å². The van der Waals surface area contributed by atoms with Gasteiger partial charge in [0, 0.05) is 31.7 Å². The summed E-state index contributed by atoms with van der Waals surface area (Å²) >= 11 is 0. The van der Waals surface area contributed by atoms with E-state index in [2.05, 4.69) is 10.2 Å². The van der Waals surface area contributed by atoms with Gasteiger partial charge in [-0.1, -0.05) is 36.4 Å². The Kier molecular flexibility index (Phi) is 5.91. The van der Waals surface area contributed by atoms with Crippen LogP contribution in [0.2, 0.25) is 0 Å². The standard InChI is InChI=1S/C22H21F3N4O2S/c1-16-6-2-3-7-17(16)19-10-11-21(27-26-19)28-12-14-29(15-13-28)32(30,31)20-9-5-4-8-18(20)22(23,24)25/h2-11H,12-15H2,1H3. The van der Waals surface area contributed by atoms with Crippen molar-refractivity contribution < 1.29 is 21.6 Å². The summed E-state index contributed by atoms with van der Waals surface area (Å²) in [5, 5.41) is 8.56. The Balaban J connectivity index is 1.49. The predicted octanol–water partition coefficient (Wildman–Crippen LogP) is 3.98. The van der Waals surface area contributed by atoms with Crippen molar-refractivity contribution in [3.8, 4) is 11.3 Å². The van der Waals surface area contributed by atoms with Gasteiger partial charge in [0.15, 0.2) is 5.82 Å². The van der Waals surface area contributed by atoms with Gasteiger partial charge >= 0.3 is 6.18 Å². The van der Waals surface area contributed by atoms with Crippen molar-refractivity contribution in [1.29, 1.82) is 0 Å². The quantitative estimate of drug-likeness (QED) is 0.587. The lowest BCUT2D eigenvalue weighted by atomic mass is 10.1. The lowest BCUT2D eigenvalue weighted by molar-refractivity contribution is -0.139. The van der Waals surface area contributed by atoms with Crippen molar-refractivity contribution in [3.63, 3.8) is 0 Å². The first kappa shape index (κ1) is 22.2. The van der Waals surface area contributed by atoms with Gasteiger partial charge in [-0.25, -0.2) is 8.42 Å². The van der Waals surface area contributed by atoms with Crippen molar-refractivity contribution in [1.82, 2.24) is 14.5 Å². The Morgan fingerprint density at radius 2 is 1.50 bits per heavy atom. The molecule has 0 atom stereocenters. The lowest BCUT2D eigenvalue weighted by Crippen LogP contribution is -2.49. The fourth-order valence-electron chi connectivity index (χ4n) is 3.72. The molecular formula is C22H21F3N4O2S. The molecule has 32 heavy (non-hydrogen) atoms. The Morgan fingerprint density at radius 3 is 2.12 bits per heavy atom. The van der Waals surface area contributed by atoms with Crippen molar-refractivity contribution in [3.05, 3.63) is 71.8 Å². The summed E-state index contributed by atoms with van der Waals surface area (Å²) in [7, 11) is -4.28. The molecule has 0 spiro atoms. The number of rotatable bonds is 4. The van der Waals surface area contributed by atoms with Crippen molar-refractivity contribution >= 4 is 15.8 Å². The maximum absolute atomic E-state index is 13.3. The van der Waals surface area contributed by atoms with E-state index in [9.17, 15) is 21.6 Å². The highest BCUT2D eigenvalue weighted by Crippen LogP contribution is 2.35. The second kappa shape index (κ2) is 8.51. The average molecular weight is 462 g/mol. The number of hydrogen-bond donors (Lipinski definition) is 0. The Hall–Kier alpha value is -2.98. The number of alkyl halides is 3. The van der Waals surface area contributed by atoms with E-state index < -0.39 is 26.7 Å². The van der Waals surface area contributed by atoms with Crippen LogP contribution in [0.4, 0.5) is 19.0 Å². The molecule has 1 aromatic heterocycles. The molecule has 2 heterocycles. The topological polar surface area (TPSA) is 66.4 Å². The van der Waals surface area contributed by atoms with Gasteiger partial charge in [-0.15, -0.1) is 10.2 Å². The number of sulfonamides is 1. The van der Waals surface area contributed by atoms with Gasteiger partial charge in [0.05, 0.1) is 16.2 Å². The minimum absolute atomic E-state index is 0.0513. The minimum atomic E-state index is -4.75. The van der Waals surface area contributed by atoms with Crippen LogP contribution < -0.4 is 4.90 Å². The van der Waals surface area contributed by atoms with Gasteiger partial charge in [-0.2, -0.15) is 17.5 Å². The number of nitrogens with zero attached hydrogens (tertiary/aromatic N) is 4. The van der Waals surface area contributed by atoms with Crippen molar-refractivity contribution in [2.45, 2.75) is 18.0 Å². The molecule has 0 aliphatic carbocycles. The highest BCUT2D eigenvalue weighted by Gasteiger charge is 2.39. The molecule has 0 radical (unpaired) electrons. The Morgan fingerprint density at radius 1 is 0.844 bits per heavy atom. The van der Waals surface area contributed by atoms with Crippen molar-refractivity contribution in [2.24, 2.45) is 0 Å². The molecular weight excluding hydrogens is 441 g/mol. The second-order valence-electron chi connectivity index (χ2n) is 7.48. The van der Waals surface area contributed by atoms with E-state index in [4.69, 9.17) is 0 Å². The maximum atomic E-state index is 13.3. The zero-order valence-electron chi connectivity index (χ0n) is 17.2. The van der Waals surface area contributed by atoms with Crippen LogP contribution in [0.1, 0.15) is 11.1 Å². The molecule has 1 saturated heterocycles. The molecule has 1 aliphatic heterocycles. The fourth-order valence-corrected chi connectivity index (χ4v) is 5.35. The van der Waals surface area contributed by atoms with Gasteiger partial charge in [-0.3, -0.25) is 0 Å². The Bertz CT molecular complexity index is 1210. The van der Waals surface area contributed by atoms with Crippen LogP contribution in [0.15, 0.2) is 65.6 Å². The predicted molar refractivity (Wildman–Crippen MR) is 115 cm³/mol. The van der Waals surface area contributed by atoms with Gasteiger partial charge in [0.2, 0.25) is 10.0 Å². The fraction of sp³-hybridized carbons (Fsp3) is 0.273. The van der Waals surface area contributed by atoms with E-state index in [-0.39, 0.29) is 13.1 Å². The van der Waals surface area contributed by atoms with Gasteiger partial charge in [0.1, 0.15) is 0 Å². The molecule has 2 aromatic carbocycles. The molecule has 4 rings (SSSR count). The van der Waals surface area contributed by atoms with Crippen LogP contribution in [0.5, 0.6) is 0 Å². The molecule has 6 nitrogen and oxygen atoms in total. The molecule has 1 aliphatic rings. The molecule has 168 valence electrons. The molecule has 0 bridgehead atoms. The average Bonchev–Trinajstić information content (AvgIpc) is 2.79. The first-order valence-electron chi connectivity index (χ1n) is 9.99. The third-order valence-electron chi connectivity index (χ3n) is 5.44. The summed E-state index contributed by atoms with van der Waals surface area (Å²) in [6, 6.07) is 15.8. The minimum Gasteiger partial charge on any atom is -0.352 e. The summed E-state index contributed by atoms with van der Waals surface area (Å²) in [5.74, 6) is 0.593. The third kappa shape index (κ3) is 4.33. The number of piperazine rings is 1. The van der Waals surface area contributed by atoms with Crippen LogP contribution >= 0.6 is 0 Å². The van der Waals surface area contributed by atoms with E-state index in [0.29, 0.717) is 18.9 Å². The van der Waals surface area contributed by atoms with Crippen molar-refractivity contribution in [2.75, 3.05) is 31.1 Å². The number of anilines is 1. The summed E-state index contributed by atoms with van der Waals surface area (Å²) < 4.78 is 66.8. The zero-order valence-corrected chi connectivity index (χ0v) is 18.1. The number of hydrogen-bond acceptors (Lipinski definition) is 5. The molecule has 0 N–H and O–H groups in total. The largest absolute Gasteiger partial charge is 0.417 e. The number of halogens is 3. The first-order chi connectivity index (χ1) is 15.2. The van der Waals surface area contributed by atoms with Crippen LogP contribution in [0, 0.1) is 6.92 Å². The second-order valence-corrected chi connectivity index (χ2v) is 9.38. The van der Waals surface area contributed by atoms with Crippen LogP contribution in [0.3, 0.4) is 0 Å². The normalized spacial score (nSPS) is 15.7. The van der Waals surface area contributed by atoms with Crippen LogP contribution in [-0.4, -0.2) is 49.1 Å². The monoisotopic (exact) mass is 462 g/mol. The van der Waals surface area contributed by atoms with E-state index >= 15 is 0 Å². The highest BCUT2D eigenvalue weighted by molar-refractivity contribution is 7.89. The molecule has 0 amide bonds. The van der Waals surface area contributed by atoms with E-state index in [0.717, 1.165) is 33.3 Å². The molecule has 0 saturated carbocycles. The lowest BCUT2D eigenvalue weighted by Gasteiger charge is -2.34. The number of aryl methyl sites for hydroxylation is 1. The Labute approximate surface area is 184 Å². The highest BCUT2D eigenvalue weighted by atomic mass is 32.2. The first-order valence-corrected chi connectivity index (χ1v) is 11.4.